The van der Waals surface area contributed by atoms with Gasteiger partial charge in [-0.15, -0.1) is 0 Å². The summed E-state index contributed by atoms with van der Waals surface area (Å²) >= 11 is 0. The number of methoxy groups -OCH3 is 2. The number of rotatable bonds is 9. The lowest BCUT2D eigenvalue weighted by atomic mass is 10.0. The molecule has 6 rings (SSSR count). The second-order valence-corrected chi connectivity index (χ2v) is 10.6. The Labute approximate surface area is 251 Å². The number of nitriles is 1. The molecular formula is C32H35N7O4. The molecule has 0 atom stereocenters. The molecule has 4 aromatic rings. The molecule has 0 radical (unpaired) electrons. The average molecular weight is 582 g/mol. The molecule has 1 N–H and O–H groups in total. The van der Waals surface area contributed by atoms with Gasteiger partial charge in [0.1, 0.15) is 29.6 Å². The molecule has 4 heterocycles. The zero-order valence-corrected chi connectivity index (χ0v) is 24.5. The molecule has 2 aliphatic rings. The normalized spacial score (nSPS) is 16.1. The lowest BCUT2D eigenvalue weighted by molar-refractivity contribution is 0.0115. The van der Waals surface area contributed by atoms with Crippen LogP contribution in [0.4, 0.5) is 17.2 Å². The summed E-state index contributed by atoms with van der Waals surface area (Å²) in [4.78, 5) is 18.6. The number of ether oxygens (including phenoxy) is 4. The minimum atomic E-state index is 0.329. The predicted octanol–water partition coefficient (Wildman–Crippen LogP) is 4.54. The third kappa shape index (κ3) is 6.40. The Morgan fingerprint density at radius 1 is 0.953 bits per heavy atom. The smallest absolute Gasteiger partial charge is 0.212 e. The third-order valence-corrected chi connectivity index (χ3v) is 8.01. The van der Waals surface area contributed by atoms with Crippen LogP contribution in [-0.2, 0) is 11.3 Å². The van der Waals surface area contributed by atoms with Gasteiger partial charge >= 0.3 is 0 Å². The predicted molar refractivity (Wildman–Crippen MR) is 163 cm³/mol. The van der Waals surface area contributed by atoms with Crippen LogP contribution in [0.15, 0.2) is 54.9 Å². The highest BCUT2D eigenvalue weighted by molar-refractivity contribution is 5.89. The number of nitrogens with zero attached hydrogens (tertiary/aromatic N) is 6. The number of fused-ring (bicyclic) bond motifs is 1. The third-order valence-electron chi connectivity index (χ3n) is 8.01. The van der Waals surface area contributed by atoms with E-state index in [0.29, 0.717) is 52.3 Å². The minimum Gasteiger partial charge on any atom is -0.493 e. The summed E-state index contributed by atoms with van der Waals surface area (Å²) in [5, 5.41) is 13.6. The Bertz CT molecular complexity index is 1590. The van der Waals surface area contributed by atoms with Crippen molar-refractivity contribution >= 4 is 28.2 Å². The van der Waals surface area contributed by atoms with Gasteiger partial charge in [-0.1, -0.05) is 0 Å². The quantitative estimate of drug-likeness (QED) is 0.300. The Balaban J connectivity index is 1.17. The van der Waals surface area contributed by atoms with Crippen molar-refractivity contribution in [2.45, 2.75) is 25.5 Å². The van der Waals surface area contributed by atoms with Crippen molar-refractivity contribution in [1.82, 2.24) is 19.9 Å². The van der Waals surface area contributed by atoms with Crippen molar-refractivity contribution in [2.24, 2.45) is 0 Å². The van der Waals surface area contributed by atoms with Crippen molar-refractivity contribution in [1.29, 1.82) is 5.26 Å². The van der Waals surface area contributed by atoms with Crippen molar-refractivity contribution in [3.63, 3.8) is 0 Å². The molecule has 2 saturated heterocycles. The second-order valence-electron chi connectivity index (χ2n) is 10.6. The van der Waals surface area contributed by atoms with Gasteiger partial charge in [0.25, 0.3) is 0 Å². The van der Waals surface area contributed by atoms with Gasteiger partial charge in [-0.05, 0) is 43.2 Å². The van der Waals surface area contributed by atoms with Crippen molar-refractivity contribution in [3.05, 3.63) is 66.0 Å². The van der Waals surface area contributed by atoms with E-state index >= 15 is 0 Å². The summed E-state index contributed by atoms with van der Waals surface area (Å²) in [7, 11) is 3.18. The monoisotopic (exact) mass is 581 g/mol. The van der Waals surface area contributed by atoms with E-state index < -0.39 is 0 Å². The first-order valence-electron chi connectivity index (χ1n) is 14.5. The summed E-state index contributed by atoms with van der Waals surface area (Å²) < 4.78 is 22.2. The second kappa shape index (κ2) is 13.1. The lowest BCUT2D eigenvalue weighted by Crippen LogP contribution is -2.49. The lowest BCUT2D eigenvalue weighted by Gasteiger charge is -2.40. The van der Waals surface area contributed by atoms with E-state index in [1.54, 1.807) is 26.5 Å². The van der Waals surface area contributed by atoms with Crippen molar-refractivity contribution in [2.75, 3.05) is 63.8 Å². The van der Waals surface area contributed by atoms with E-state index in [1.165, 1.54) is 0 Å². The first-order valence-corrected chi connectivity index (χ1v) is 14.5. The molecule has 43 heavy (non-hydrogen) atoms. The summed E-state index contributed by atoms with van der Waals surface area (Å²) in [5.41, 5.74) is 4.01. The molecule has 0 bridgehead atoms. The van der Waals surface area contributed by atoms with E-state index in [4.69, 9.17) is 23.9 Å². The molecule has 11 nitrogen and oxygen atoms in total. The van der Waals surface area contributed by atoms with Gasteiger partial charge in [-0.3, -0.25) is 9.88 Å². The Kier molecular flexibility index (Phi) is 8.67. The highest BCUT2D eigenvalue weighted by Gasteiger charge is 2.27. The molecule has 0 saturated carbocycles. The number of hydrogen-bond donors (Lipinski definition) is 1. The Morgan fingerprint density at radius 3 is 2.51 bits per heavy atom. The van der Waals surface area contributed by atoms with Crippen LogP contribution in [0, 0.1) is 11.3 Å². The van der Waals surface area contributed by atoms with Crippen LogP contribution in [0.25, 0.3) is 11.0 Å². The van der Waals surface area contributed by atoms with Crippen LogP contribution in [-0.4, -0.2) is 79.5 Å². The fourth-order valence-electron chi connectivity index (χ4n) is 5.64. The number of morpholine rings is 1. The largest absolute Gasteiger partial charge is 0.493 e. The molecule has 0 amide bonds. The van der Waals surface area contributed by atoms with Crippen LogP contribution in [0.2, 0.25) is 0 Å². The minimum absolute atomic E-state index is 0.329. The molecule has 0 spiro atoms. The molecule has 0 unspecified atom stereocenters. The number of benzene rings is 2. The van der Waals surface area contributed by atoms with Crippen LogP contribution >= 0.6 is 0 Å². The zero-order chi connectivity index (χ0) is 29.6. The summed E-state index contributed by atoms with van der Waals surface area (Å²) in [5.74, 6) is 2.51. The van der Waals surface area contributed by atoms with Crippen molar-refractivity contribution in [3.8, 4) is 23.4 Å². The van der Waals surface area contributed by atoms with Crippen LogP contribution < -0.4 is 24.4 Å². The number of nitrogens with one attached hydrogen (secondary N) is 1. The number of piperidine rings is 1. The number of anilines is 3. The molecule has 222 valence electrons. The van der Waals surface area contributed by atoms with Gasteiger partial charge in [0.2, 0.25) is 5.88 Å². The summed E-state index contributed by atoms with van der Waals surface area (Å²) in [6.45, 7) is 5.79. The van der Waals surface area contributed by atoms with Gasteiger partial charge in [0, 0.05) is 61.8 Å². The maximum Gasteiger partial charge on any atom is 0.212 e. The molecule has 2 aromatic heterocycles. The van der Waals surface area contributed by atoms with Gasteiger partial charge in [-0.2, -0.15) is 5.26 Å². The maximum atomic E-state index is 10.2. The highest BCUT2D eigenvalue weighted by atomic mass is 16.5. The van der Waals surface area contributed by atoms with Gasteiger partial charge in [-0.25, -0.2) is 9.97 Å². The fraction of sp³-hybridized carbons (Fsp3) is 0.375. The summed E-state index contributed by atoms with van der Waals surface area (Å²) in [6.07, 6.45) is 5.68. The molecule has 2 aromatic carbocycles. The van der Waals surface area contributed by atoms with E-state index in [9.17, 15) is 5.26 Å². The molecule has 2 aliphatic heterocycles. The Morgan fingerprint density at radius 2 is 1.79 bits per heavy atom. The fourth-order valence-corrected chi connectivity index (χ4v) is 5.64. The Hall–Kier alpha value is -4.66. The van der Waals surface area contributed by atoms with Gasteiger partial charge in [0.05, 0.1) is 44.8 Å². The van der Waals surface area contributed by atoms with Crippen molar-refractivity contribution < 1.29 is 18.9 Å². The first kappa shape index (κ1) is 28.5. The molecular weight excluding hydrogens is 546 g/mol. The van der Waals surface area contributed by atoms with Gasteiger partial charge < -0.3 is 29.2 Å². The van der Waals surface area contributed by atoms with E-state index in [-0.39, 0.29) is 0 Å². The SMILES string of the molecule is COc1ccc(COc2ccc(Nc3ccc4ncc(N5CCC(N6CCOCC6)CC5)nc4c3C#N)cc2OC)cn1. The number of aromatic nitrogens is 3. The highest BCUT2D eigenvalue weighted by Crippen LogP contribution is 2.34. The average Bonchev–Trinajstić information content (AvgIpc) is 3.08. The topological polar surface area (TPSA) is 118 Å². The molecule has 2 fully saturated rings. The van der Waals surface area contributed by atoms with E-state index in [0.717, 1.165) is 69.3 Å². The summed E-state index contributed by atoms with van der Waals surface area (Å²) in [6, 6.07) is 15.9. The van der Waals surface area contributed by atoms with Gasteiger partial charge in [0.15, 0.2) is 11.5 Å². The van der Waals surface area contributed by atoms with E-state index in [1.807, 2.05) is 42.6 Å². The zero-order valence-electron chi connectivity index (χ0n) is 24.5. The number of pyridine rings is 1. The van der Waals surface area contributed by atoms with E-state index in [2.05, 4.69) is 31.2 Å². The van der Waals surface area contributed by atoms with Crippen LogP contribution in [0.5, 0.6) is 17.4 Å². The number of hydrogen-bond acceptors (Lipinski definition) is 11. The van der Waals surface area contributed by atoms with Crippen LogP contribution in [0.3, 0.4) is 0 Å². The first-order chi connectivity index (χ1) is 21.1. The standard InChI is InChI=1S/C32H35N7O4/c1-40-29-17-23(4-7-28(29)43-21-22-3-8-31(41-2)35-19-22)36-26-5-6-27-32(25(26)18-33)37-30(20-34-27)39-11-9-24(10-12-39)38-13-15-42-16-14-38/h3-8,17,19-20,24,36H,9-16,21H2,1-2H3. The molecule has 0 aliphatic carbocycles. The van der Waals surface area contributed by atoms with Crippen LogP contribution in [0.1, 0.15) is 24.0 Å². The maximum absolute atomic E-state index is 10.2. The molecule has 11 heteroatoms.